The number of hydrogen-bond acceptors (Lipinski definition) is 3. The van der Waals surface area contributed by atoms with E-state index in [1.54, 1.807) is 18.9 Å². The molecule has 2 aromatic rings. The molecule has 0 saturated carbocycles. The van der Waals surface area contributed by atoms with Crippen molar-refractivity contribution in [2.45, 2.75) is 46.1 Å². The van der Waals surface area contributed by atoms with Gasteiger partial charge in [0.15, 0.2) is 0 Å². The fourth-order valence-electron chi connectivity index (χ4n) is 2.67. The summed E-state index contributed by atoms with van der Waals surface area (Å²) in [5.74, 6) is 0.306. The van der Waals surface area contributed by atoms with E-state index in [4.69, 9.17) is 9.52 Å². The Morgan fingerprint density at radius 1 is 1.20 bits per heavy atom. The Kier molecular flexibility index (Phi) is 6.02. The van der Waals surface area contributed by atoms with Crippen molar-refractivity contribution >= 4 is 11.9 Å². The maximum absolute atomic E-state index is 12.3. The van der Waals surface area contributed by atoms with Crippen LogP contribution in [0.15, 0.2) is 34.7 Å². The highest BCUT2D eigenvalue weighted by atomic mass is 16.4. The number of amides is 1. The molecule has 0 aliphatic heterocycles. The van der Waals surface area contributed by atoms with Crippen LogP contribution in [0.5, 0.6) is 0 Å². The van der Waals surface area contributed by atoms with E-state index in [0.29, 0.717) is 30.3 Å². The van der Waals surface area contributed by atoms with E-state index in [0.717, 1.165) is 5.56 Å². The maximum atomic E-state index is 12.3. The number of aromatic carboxylic acids is 1. The molecular weight excluding hydrogens is 318 g/mol. The van der Waals surface area contributed by atoms with Gasteiger partial charge in [-0.2, -0.15) is 0 Å². The summed E-state index contributed by atoms with van der Waals surface area (Å²) in [6.07, 6.45) is 1.09. The van der Waals surface area contributed by atoms with E-state index in [2.05, 4.69) is 38.1 Å². The molecule has 0 aliphatic rings. The molecule has 0 fully saturated rings. The molecule has 1 aromatic carbocycles. The minimum Gasteiger partial charge on any atom is -0.478 e. The lowest BCUT2D eigenvalue weighted by molar-refractivity contribution is -0.130. The molecule has 1 amide bonds. The number of furan rings is 1. The van der Waals surface area contributed by atoms with Crippen molar-refractivity contribution in [3.05, 3.63) is 58.5 Å². The zero-order valence-electron chi connectivity index (χ0n) is 15.2. The third kappa shape index (κ3) is 4.95. The molecule has 1 aromatic heterocycles. The quantitative estimate of drug-likeness (QED) is 0.825. The molecule has 0 unspecified atom stereocenters. The first kappa shape index (κ1) is 18.8. The van der Waals surface area contributed by atoms with Crippen LogP contribution < -0.4 is 0 Å². The van der Waals surface area contributed by atoms with Crippen molar-refractivity contribution in [1.82, 2.24) is 4.90 Å². The van der Waals surface area contributed by atoms with E-state index in [1.807, 2.05) is 0 Å². The van der Waals surface area contributed by atoms with Gasteiger partial charge in [0.25, 0.3) is 0 Å². The summed E-state index contributed by atoms with van der Waals surface area (Å²) in [6, 6.07) is 9.82. The Labute approximate surface area is 148 Å². The zero-order valence-corrected chi connectivity index (χ0v) is 15.2. The molecule has 1 heterocycles. The number of carbonyl (C=O) groups excluding carboxylic acids is 1. The predicted octanol–water partition coefficient (Wildman–Crippen LogP) is 4.00. The molecular formula is C20H25NO4. The molecule has 5 heteroatoms. The van der Waals surface area contributed by atoms with Gasteiger partial charge in [-0.3, -0.25) is 4.79 Å². The van der Waals surface area contributed by atoms with Crippen LogP contribution >= 0.6 is 0 Å². The van der Waals surface area contributed by atoms with Gasteiger partial charge in [0.2, 0.25) is 5.91 Å². The number of carboxylic acid groups (broad SMARTS) is 1. The van der Waals surface area contributed by atoms with Gasteiger partial charge in [-0.25, -0.2) is 4.79 Å². The lowest BCUT2D eigenvalue weighted by atomic mass is 10.0. The molecule has 0 aliphatic carbocycles. The van der Waals surface area contributed by atoms with Crippen molar-refractivity contribution in [3.63, 3.8) is 0 Å². The maximum Gasteiger partial charge on any atom is 0.339 e. The first-order valence-electron chi connectivity index (χ1n) is 8.43. The lowest BCUT2D eigenvalue weighted by Crippen LogP contribution is -2.26. The SMILES string of the molecule is Cc1oc(CN(C)C(=O)CCc2ccc(C(C)C)cc2)cc1C(=O)O. The highest BCUT2D eigenvalue weighted by Crippen LogP contribution is 2.18. The van der Waals surface area contributed by atoms with Gasteiger partial charge in [0.05, 0.1) is 6.54 Å². The average molecular weight is 343 g/mol. The van der Waals surface area contributed by atoms with Crippen LogP contribution in [0.3, 0.4) is 0 Å². The first-order chi connectivity index (χ1) is 11.8. The van der Waals surface area contributed by atoms with Crippen molar-refractivity contribution < 1.29 is 19.1 Å². The Balaban J connectivity index is 1.89. The molecule has 134 valence electrons. The highest BCUT2D eigenvalue weighted by Gasteiger charge is 2.16. The number of aryl methyl sites for hydroxylation is 2. The highest BCUT2D eigenvalue weighted by molar-refractivity contribution is 5.88. The van der Waals surface area contributed by atoms with Crippen molar-refractivity contribution in [1.29, 1.82) is 0 Å². The largest absolute Gasteiger partial charge is 0.478 e. The second-order valence-corrected chi connectivity index (χ2v) is 6.63. The van der Waals surface area contributed by atoms with Crippen LogP contribution in [0.4, 0.5) is 0 Å². The molecule has 0 saturated heterocycles. The molecule has 5 nitrogen and oxygen atoms in total. The molecule has 25 heavy (non-hydrogen) atoms. The fraction of sp³-hybridized carbons (Fsp3) is 0.400. The summed E-state index contributed by atoms with van der Waals surface area (Å²) in [7, 11) is 1.70. The van der Waals surface area contributed by atoms with Crippen molar-refractivity contribution in [3.8, 4) is 0 Å². The molecule has 0 radical (unpaired) electrons. The molecule has 0 atom stereocenters. The zero-order chi connectivity index (χ0) is 18.6. The van der Waals surface area contributed by atoms with E-state index < -0.39 is 5.97 Å². The summed E-state index contributed by atoms with van der Waals surface area (Å²) in [4.78, 5) is 24.9. The van der Waals surface area contributed by atoms with Crippen LogP contribution in [-0.2, 0) is 17.8 Å². The predicted molar refractivity (Wildman–Crippen MR) is 95.7 cm³/mol. The van der Waals surface area contributed by atoms with E-state index in [1.165, 1.54) is 11.6 Å². The average Bonchev–Trinajstić information content (AvgIpc) is 2.93. The summed E-state index contributed by atoms with van der Waals surface area (Å²) >= 11 is 0. The molecule has 0 bridgehead atoms. The fourth-order valence-corrected chi connectivity index (χ4v) is 2.67. The van der Waals surface area contributed by atoms with E-state index in [9.17, 15) is 9.59 Å². The number of hydrogen-bond donors (Lipinski definition) is 1. The van der Waals surface area contributed by atoms with Crippen molar-refractivity contribution in [2.24, 2.45) is 0 Å². The Morgan fingerprint density at radius 2 is 1.84 bits per heavy atom. The van der Waals surface area contributed by atoms with Crippen LogP contribution in [0.1, 0.15) is 59.2 Å². The van der Waals surface area contributed by atoms with Gasteiger partial charge in [0, 0.05) is 13.5 Å². The summed E-state index contributed by atoms with van der Waals surface area (Å²) in [6.45, 7) is 6.17. The summed E-state index contributed by atoms with van der Waals surface area (Å²) in [5.41, 5.74) is 2.56. The van der Waals surface area contributed by atoms with Gasteiger partial charge in [-0.15, -0.1) is 0 Å². The minimum absolute atomic E-state index is 0.00105. The summed E-state index contributed by atoms with van der Waals surface area (Å²) in [5, 5.41) is 9.05. The van der Waals surface area contributed by atoms with Gasteiger partial charge in [0.1, 0.15) is 17.1 Å². The van der Waals surface area contributed by atoms with Gasteiger partial charge >= 0.3 is 5.97 Å². The Bertz CT molecular complexity index is 744. The number of nitrogens with zero attached hydrogens (tertiary/aromatic N) is 1. The van der Waals surface area contributed by atoms with E-state index >= 15 is 0 Å². The second kappa shape index (κ2) is 8.01. The summed E-state index contributed by atoms with van der Waals surface area (Å²) < 4.78 is 5.42. The lowest BCUT2D eigenvalue weighted by Gasteiger charge is -2.15. The van der Waals surface area contributed by atoms with Crippen molar-refractivity contribution in [2.75, 3.05) is 7.05 Å². The van der Waals surface area contributed by atoms with Crippen LogP contribution in [0.25, 0.3) is 0 Å². The number of rotatable bonds is 7. The second-order valence-electron chi connectivity index (χ2n) is 6.63. The topological polar surface area (TPSA) is 70.8 Å². The van der Waals surface area contributed by atoms with Crippen LogP contribution in [-0.4, -0.2) is 28.9 Å². The standard InChI is InChI=1S/C20H25NO4/c1-13(2)16-8-5-15(6-9-16)7-10-19(22)21(4)12-17-11-18(20(23)24)14(3)25-17/h5-6,8-9,11,13H,7,10,12H2,1-4H3,(H,23,24). The number of benzene rings is 1. The third-order valence-corrected chi connectivity index (χ3v) is 4.29. The molecule has 0 spiro atoms. The molecule has 2 rings (SSSR count). The molecule has 1 N–H and O–H groups in total. The number of carbonyl (C=O) groups is 2. The third-order valence-electron chi connectivity index (χ3n) is 4.29. The van der Waals surface area contributed by atoms with Gasteiger partial charge < -0.3 is 14.4 Å². The first-order valence-corrected chi connectivity index (χ1v) is 8.43. The monoisotopic (exact) mass is 343 g/mol. The normalized spacial score (nSPS) is 10.9. The van der Waals surface area contributed by atoms with Gasteiger partial charge in [-0.05, 0) is 36.5 Å². The minimum atomic E-state index is -1.02. The van der Waals surface area contributed by atoms with Crippen LogP contribution in [0.2, 0.25) is 0 Å². The Hall–Kier alpha value is -2.56. The Morgan fingerprint density at radius 3 is 2.36 bits per heavy atom. The van der Waals surface area contributed by atoms with Crippen LogP contribution in [0, 0.1) is 6.92 Å². The van der Waals surface area contributed by atoms with E-state index in [-0.39, 0.29) is 18.0 Å². The smallest absolute Gasteiger partial charge is 0.339 e. The number of carboxylic acids is 1. The van der Waals surface area contributed by atoms with Gasteiger partial charge in [-0.1, -0.05) is 38.1 Å².